The molecule has 1 aromatic rings. The van der Waals surface area contributed by atoms with E-state index in [0.29, 0.717) is 0 Å². The highest BCUT2D eigenvalue weighted by molar-refractivity contribution is 5.77. The molecular formula is C12H14F3NO3. The Morgan fingerprint density at radius 2 is 1.95 bits per heavy atom. The fourth-order valence-corrected chi connectivity index (χ4v) is 1.37. The maximum atomic E-state index is 12.6. The molecule has 106 valence electrons. The molecule has 0 bridgehead atoms. The number of ether oxygens (including phenoxy) is 1. The van der Waals surface area contributed by atoms with Gasteiger partial charge in [0.2, 0.25) is 0 Å². The van der Waals surface area contributed by atoms with Crippen LogP contribution in [0, 0.1) is 5.82 Å². The van der Waals surface area contributed by atoms with E-state index in [9.17, 15) is 18.0 Å². The monoisotopic (exact) mass is 277 g/mol. The lowest BCUT2D eigenvalue weighted by Gasteiger charge is -2.21. The number of rotatable bonds is 7. The number of carbonyl (C=O) groups is 1. The predicted octanol–water partition coefficient (Wildman–Crippen LogP) is 1.29. The maximum Gasteiger partial charge on any atom is 0.260 e. The Labute approximate surface area is 108 Å². The van der Waals surface area contributed by atoms with Crippen LogP contribution in [0.2, 0.25) is 0 Å². The number of amides is 1. The molecule has 1 aromatic carbocycles. The van der Waals surface area contributed by atoms with Gasteiger partial charge in [-0.15, -0.1) is 0 Å². The lowest BCUT2D eigenvalue weighted by Crippen LogP contribution is -2.40. The summed E-state index contributed by atoms with van der Waals surface area (Å²) < 4.78 is 42.1. The van der Waals surface area contributed by atoms with Crippen molar-refractivity contribution in [3.05, 3.63) is 30.1 Å². The number of nitrogens with zero attached hydrogens (tertiary/aromatic N) is 1. The first-order valence-corrected chi connectivity index (χ1v) is 5.58. The third-order valence-corrected chi connectivity index (χ3v) is 2.26. The highest BCUT2D eigenvalue weighted by Gasteiger charge is 2.18. The Balaban J connectivity index is 2.49. The maximum absolute atomic E-state index is 12.6. The topological polar surface area (TPSA) is 49.8 Å². The number of halogens is 3. The number of benzene rings is 1. The summed E-state index contributed by atoms with van der Waals surface area (Å²) in [6, 6.07) is 4.97. The molecule has 0 saturated heterocycles. The quantitative estimate of drug-likeness (QED) is 0.817. The molecule has 7 heteroatoms. The molecule has 0 radical (unpaired) electrons. The molecule has 0 aromatic heterocycles. The van der Waals surface area contributed by atoms with Gasteiger partial charge >= 0.3 is 0 Å². The molecule has 1 amide bonds. The van der Waals surface area contributed by atoms with Crippen molar-refractivity contribution in [1.29, 1.82) is 0 Å². The summed E-state index contributed by atoms with van der Waals surface area (Å²) in [7, 11) is 0. The van der Waals surface area contributed by atoms with Gasteiger partial charge in [-0.2, -0.15) is 0 Å². The van der Waals surface area contributed by atoms with Gasteiger partial charge in [-0.05, 0) is 24.3 Å². The summed E-state index contributed by atoms with van der Waals surface area (Å²) in [5.74, 6) is -0.854. The number of hydrogen-bond donors (Lipinski definition) is 1. The second-order valence-electron chi connectivity index (χ2n) is 3.70. The summed E-state index contributed by atoms with van der Waals surface area (Å²) in [4.78, 5) is 12.4. The van der Waals surface area contributed by atoms with Gasteiger partial charge in [0.25, 0.3) is 12.3 Å². The van der Waals surface area contributed by atoms with Gasteiger partial charge in [-0.1, -0.05) is 0 Å². The highest BCUT2D eigenvalue weighted by Crippen LogP contribution is 2.11. The Bertz CT molecular complexity index is 398. The zero-order valence-corrected chi connectivity index (χ0v) is 10.1. The zero-order valence-electron chi connectivity index (χ0n) is 10.1. The molecular weight excluding hydrogens is 263 g/mol. The molecule has 19 heavy (non-hydrogen) atoms. The summed E-state index contributed by atoms with van der Waals surface area (Å²) in [6.45, 7) is -1.80. The van der Waals surface area contributed by atoms with Crippen molar-refractivity contribution < 1.29 is 27.8 Å². The van der Waals surface area contributed by atoms with E-state index in [2.05, 4.69) is 0 Å². The Hall–Kier alpha value is -1.76. The minimum atomic E-state index is -2.68. The fraction of sp³-hybridized carbons (Fsp3) is 0.417. The molecule has 0 atom stereocenters. The van der Waals surface area contributed by atoms with Crippen LogP contribution >= 0.6 is 0 Å². The van der Waals surface area contributed by atoms with E-state index >= 15 is 0 Å². The van der Waals surface area contributed by atoms with E-state index in [1.807, 2.05) is 0 Å². The van der Waals surface area contributed by atoms with Gasteiger partial charge < -0.3 is 14.7 Å². The number of carbonyl (C=O) groups excluding carboxylic acids is 1. The third kappa shape index (κ3) is 5.60. The van der Waals surface area contributed by atoms with E-state index in [-0.39, 0.29) is 12.3 Å². The number of hydrogen-bond acceptors (Lipinski definition) is 3. The molecule has 0 aliphatic carbocycles. The zero-order chi connectivity index (χ0) is 14.3. The second-order valence-corrected chi connectivity index (χ2v) is 3.70. The summed E-state index contributed by atoms with van der Waals surface area (Å²) in [6.07, 6.45) is -2.68. The Morgan fingerprint density at radius 1 is 1.32 bits per heavy atom. The molecule has 0 heterocycles. The van der Waals surface area contributed by atoms with Gasteiger partial charge in [0.1, 0.15) is 11.6 Å². The fourth-order valence-electron chi connectivity index (χ4n) is 1.37. The average molecular weight is 277 g/mol. The van der Waals surface area contributed by atoms with E-state index in [1.165, 1.54) is 12.1 Å². The van der Waals surface area contributed by atoms with Gasteiger partial charge in [0.15, 0.2) is 6.61 Å². The van der Waals surface area contributed by atoms with E-state index < -0.39 is 37.9 Å². The van der Waals surface area contributed by atoms with Crippen LogP contribution in [0.4, 0.5) is 13.2 Å². The standard InChI is InChI=1S/C12H14F3NO3/c13-9-1-3-10(4-2-9)19-8-12(18)16(5-6-17)7-11(14)15/h1-4,11,17H,5-8H2. The Kier molecular flexibility index (Phi) is 6.14. The van der Waals surface area contributed by atoms with Crippen LogP contribution in [0.15, 0.2) is 24.3 Å². The van der Waals surface area contributed by atoms with Crippen molar-refractivity contribution in [3.8, 4) is 5.75 Å². The van der Waals surface area contributed by atoms with Crippen molar-refractivity contribution in [1.82, 2.24) is 4.90 Å². The minimum absolute atomic E-state index is 0.185. The lowest BCUT2D eigenvalue weighted by atomic mass is 10.3. The molecule has 1 rings (SSSR count). The molecule has 0 saturated carbocycles. The second kappa shape index (κ2) is 7.63. The van der Waals surface area contributed by atoms with Crippen LogP contribution < -0.4 is 4.74 Å². The van der Waals surface area contributed by atoms with E-state index in [1.54, 1.807) is 0 Å². The normalized spacial score (nSPS) is 10.6. The smallest absolute Gasteiger partial charge is 0.260 e. The minimum Gasteiger partial charge on any atom is -0.484 e. The molecule has 0 aliphatic rings. The summed E-state index contributed by atoms with van der Waals surface area (Å²) in [5, 5.41) is 8.69. The number of aliphatic hydroxyl groups is 1. The van der Waals surface area contributed by atoms with Crippen molar-refractivity contribution in [2.75, 3.05) is 26.3 Å². The lowest BCUT2D eigenvalue weighted by molar-refractivity contribution is -0.135. The first-order chi connectivity index (χ1) is 9.02. The predicted molar refractivity (Wildman–Crippen MR) is 61.6 cm³/mol. The van der Waals surface area contributed by atoms with Gasteiger partial charge in [0.05, 0.1) is 13.2 Å². The van der Waals surface area contributed by atoms with Crippen LogP contribution in [0.3, 0.4) is 0 Å². The molecule has 4 nitrogen and oxygen atoms in total. The summed E-state index contributed by atoms with van der Waals surface area (Å²) in [5.41, 5.74) is 0. The highest BCUT2D eigenvalue weighted by atomic mass is 19.3. The molecule has 0 unspecified atom stereocenters. The van der Waals surface area contributed by atoms with Gasteiger partial charge in [-0.25, -0.2) is 13.2 Å². The first kappa shape index (κ1) is 15.3. The van der Waals surface area contributed by atoms with E-state index in [0.717, 1.165) is 17.0 Å². The number of alkyl halides is 2. The molecule has 0 fully saturated rings. The van der Waals surface area contributed by atoms with Crippen LogP contribution in [0.25, 0.3) is 0 Å². The van der Waals surface area contributed by atoms with Crippen molar-refractivity contribution in [2.45, 2.75) is 6.43 Å². The van der Waals surface area contributed by atoms with Crippen LogP contribution in [0.5, 0.6) is 5.75 Å². The van der Waals surface area contributed by atoms with E-state index in [4.69, 9.17) is 9.84 Å². The van der Waals surface area contributed by atoms with Crippen molar-refractivity contribution in [2.24, 2.45) is 0 Å². The van der Waals surface area contributed by atoms with Crippen LogP contribution in [0.1, 0.15) is 0 Å². The summed E-state index contributed by atoms with van der Waals surface area (Å²) >= 11 is 0. The van der Waals surface area contributed by atoms with Gasteiger partial charge in [-0.3, -0.25) is 4.79 Å². The third-order valence-electron chi connectivity index (χ3n) is 2.26. The van der Waals surface area contributed by atoms with Gasteiger partial charge in [0, 0.05) is 6.54 Å². The van der Waals surface area contributed by atoms with Crippen molar-refractivity contribution in [3.63, 3.8) is 0 Å². The van der Waals surface area contributed by atoms with Crippen LogP contribution in [-0.4, -0.2) is 48.6 Å². The largest absolute Gasteiger partial charge is 0.484 e. The molecule has 1 N–H and O–H groups in total. The number of aliphatic hydroxyl groups excluding tert-OH is 1. The average Bonchev–Trinajstić information content (AvgIpc) is 2.37. The Morgan fingerprint density at radius 3 is 2.47 bits per heavy atom. The van der Waals surface area contributed by atoms with Crippen LogP contribution in [-0.2, 0) is 4.79 Å². The van der Waals surface area contributed by atoms with Crippen molar-refractivity contribution >= 4 is 5.91 Å². The molecule has 0 aliphatic heterocycles. The first-order valence-electron chi connectivity index (χ1n) is 5.58. The molecule has 0 spiro atoms. The SMILES string of the molecule is O=C(COc1ccc(F)cc1)N(CCO)CC(F)F.